The second-order valence-electron chi connectivity index (χ2n) is 3.74. The van der Waals surface area contributed by atoms with Crippen molar-refractivity contribution < 1.29 is 0 Å². The van der Waals surface area contributed by atoms with E-state index in [0.717, 1.165) is 6.42 Å². The molecule has 0 radical (unpaired) electrons. The molecule has 12 heavy (non-hydrogen) atoms. The lowest BCUT2D eigenvalue weighted by molar-refractivity contribution is 0.604. The van der Waals surface area contributed by atoms with Gasteiger partial charge in [0, 0.05) is 6.42 Å². The van der Waals surface area contributed by atoms with Crippen molar-refractivity contribution in [1.29, 1.82) is 5.26 Å². The number of nitriles is 1. The van der Waals surface area contributed by atoms with Gasteiger partial charge in [-0.2, -0.15) is 17.0 Å². The molecule has 0 aliphatic heterocycles. The van der Waals surface area contributed by atoms with Gasteiger partial charge < -0.3 is 0 Å². The zero-order valence-corrected chi connectivity index (χ0v) is 8.62. The molecule has 0 bridgehead atoms. The minimum atomic E-state index is 0.452. The van der Waals surface area contributed by atoms with Gasteiger partial charge in [-0.1, -0.05) is 13.3 Å². The van der Waals surface area contributed by atoms with Gasteiger partial charge in [0.1, 0.15) is 0 Å². The lowest BCUT2D eigenvalue weighted by Gasteiger charge is -2.08. The van der Waals surface area contributed by atoms with Crippen molar-refractivity contribution in [3.63, 3.8) is 0 Å². The Hall–Kier alpha value is -0.160. The van der Waals surface area contributed by atoms with Gasteiger partial charge in [0.2, 0.25) is 0 Å². The summed E-state index contributed by atoms with van der Waals surface area (Å²) in [4.78, 5) is 0. The van der Waals surface area contributed by atoms with Crippen molar-refractivity contribution in [2.24, 2.45) is 5.41 Å². The number of nitrogens with zero attached hydrogens (tertiary/aromatic N) is 1. The zero-order chi connectivity index (χ0) is 8.86. The van der Waals surface area contributed by atoms with Gasteiger partial charge in [-0.3, -0.25) is 0 Å². The Morgan fingerprint density at radius 1 is 1.50 bits per heavy atom. The molecule has 68 valence electrons. The first-order valence-electron chi connectivity index (χ1n) is 4.78. The lowest BCUT2D eigenvalue weighted by Crippen LogP contribution is -2.02. The third-order valence-electron chi connectivity index (χ3n) is 2.46. The molecule has 1 aliphatic rings. The van der Waals surface area contributed by atoms with Crippen molar-refractivity contribution in [3.05, 3.63) is 0 Å². The van der Waals surface area contributed by atoms with E-state index < -0.39 is 0 Å². The molecular formula is C10H17NS. The normalized spacial score (nSPS) is 18.7. The quantitative estimate of drug-likeness (QED) is 0.590. The summed E-state index contributed by atoms with van der Waals surface area (Å²) >= 11 is 2.04. The molecule has 0 heterocycles. The van der Waals surface area contributed by atoms with Crippen LogP contribution in [-0.4, -0.2) is 11.5 Å². The smallest absolute Gasteiger partial charge is 0.0627 e. The number of hydrogen-bond donors (Lipinski definition) is 0. The summed E-state index contributed by atoms with van der Waals surface area (Å²) in [5.74, 6) is 2.50. The van der Waals surface area contributed by atoms with Crippen LogP contribution in [-0.2, 0) is 0 Å². The Balaban J connectivity index is 2.03. The Morgan fingerprint density at radius 3 is 2.75 bits per heavy atom. The van der Waals surface area contributed by atoms with Crippen LogP contribution in [0.15, 0.2) is 0 Å². The largest absolute Gasteiger partial charge is 0.198 e. The highest BCUT2D eigenvalue weighted by molar-refractivity contribution is 7.99. The van der Waals surface area contributed by atoms with Gasteiger partial charge in [0.05, 0.1) is 6.07 Å². The standard InChI is InChI=1S/C10H17NS/c1-2-3-8-12-9-10(4-5-10)6-7-11/h2-6,8-9H2,1H3. The molecule has 0 saturated heterocycles. The van der Waals surface area contributed by atoms with E-state index >= 15 is 0 Å². The maximum atomic E-state index is 8.59. The van der Waals surface area contributed by atoms with Crippen LogP contribution in [0.1, 0.15) is 39.0 Å². The van der Waals surface area contributed by atoms with E-state index in [0.29, 0.717) is 5.41 Å². The van der Waals surface area contributed by atoms with Crippen LogP contribution in [0.2, 0.25) is 0 Å². The fourth-order valence-electron chi connectivity index (χ4n) is 1.25. The average Bonchev–Trinajstić information content (AvgIpc) is 2.81. The van der Waals surface area contributed by atoms with E-state index in [-0.39, 0.29) is 0 Å². The second-order valence-corrected chi connectivity index (χ2v) is 4.85. The van der Waals surface area contributed by atoms with Crippen molar-refractivity contribution in [3.8, 4) is 6.07 Å². The monoisotopic (exact) mass is 183 g/mol. The van der Waals surface area contributed by atoms with Crippen LogP contribution in [0.3, 0.4) is 0 Å². The van der Waals surface area contributed by atoms with Crippen LogP contribution >= 0.6 is 11.8 Å². The Kier molecular flexibility index (Phi) is 3.94. The van der Waals surface area contributed by atoms with Gasteiger partial charge in [-0.15, -0.1) is 0 Å². The average molecular weight is 183 g/mol. The van der Waals surface area contributed by atoms with E-state index in [1.165, 1.54) is 37.2 Å². The summed E-state index contributed by atoms with van der Waals surface area (Å²) in [5, 5.41) is 8.59. The van der Waals surface area contributed by atoms with Crippen molar-refractivity contribution >= 4 is 11.8 Å². The number of hydrogen-bond acceptors (Lipinski definition) is 2. The van der Waals surface area contributed by atoms with Crippen LogP contribution in [0.5, 0.6) is 0 Å². The van der Waals surface area contributed by atoms with Crippen LogP contribution < -0.4 is 0 Å². The molecule has 1 saturated carbocycles. The van der Waals surface area contributed by atoms with Crippen molar-refractivity contribution in [2.45, 2.75) is 39.0 Å². The topological polar surface area (TPSA) is 23.8 Å². The van der Waals surface area contributed by atoms with Gasteiger partial charge in [-0.05, 0) is 36.2 Å². The minimum absolute atomic E-state index is 0.452. The third kappa shape index (κ3) is 3.06. The molecule has 0 unspecified atom stereocenters. The van der Waals surface area contributed by atoms with E-state index in [1.54, 1.807) is 0 Å². The predicted molar refractivity (Wildman–Crippen MR) is 54.1 cm³/mol. The third-order valence-corrected chi connectivity index (χ3v) is 3.86. The highest BCUT2D eigenvalue weighted by Gasteiger charge is 2.41. The Morgan fingerprint density at radius 2 is 2.25 bits per heavy atom. The fraction of sp³-hybridized carbons (Fsp3) is 0.900. The molecule has 2 heteroatoms. The van der Waals surface area contributed by atoms with Crippen LogP contribution in [0.4, 0.5) is 0 Å². The van der Waals surface area contributed by atoms with E-state index in [2.05, 4.69) is 13.0 Å². The summed E-state index contributed by atoms with van der Waals surface area (Å²) < 4.78 is 0. The predicted octanol–water partition coefficient (Wildman–Crippen LogP) is 3.21. The molecule has 0 atom stereocenters. The first-order valence-corrected chi connectivity index (χ1v) is 5.93. The Labute approximate surface area is 79.5 Å². The highest BCUT2D eigenvalue weighted by atomic mass is 32.2. The molecule has 1 rings (SSSR count). The van der Waals surface area contributed by atoms with Gasteiger partial charge in [0.25, 0.3) is 0 Å². The van der Waals surface area contributed by atoms with Crippen molar-refractivity contribution in [1.82, 2.24) is 0 Å². The first kappa shape index (κ1) is 9.92. The lowest BCUT2D eigenvalue weighted by atomic mass is 10.1. The maximum absolute atomic E-state index is 8.59. The first-order chi connectivity index (χ1) is 5.83. The molecule has 0 amide bonds. The van der Waals surface area contributed by atoms with Gasteiger partial charge in [-0.25, -0.2) is 0 Å². The number of rotatable bonds is 6. The summed E-state index contributed by atoms with van der Waals surface area (Å²) in [5.41, 5.74) is 0.452. The molecule has 1 fully saturated rings. The summed E-state index contributed by atoms with van der Waals surface area (Å²) in [7, 11) is 0. The molecule has 0 spiro atoms. The van der Waals surface area contributed by atoms with E-state index in [9.17, 15) is 0 Å². The minimum Gasteiger partial charge on any atom is -0.198 e. The SMILES string of the molecule is CCCCSCC1(CC#N)CC1. The van der Waals surface area contributed by atoms with Crippen molar-refractivity contribution in [2.75, 3.05) is 11.5 Å². The van der Waals surface area contributed by atoms with E-state index in [4.69, 9.17) is 5.26 Å². The van der Waals surface area contributed by atoms with Gasteiger partial charge >= 0.3 is 0 Å². The summed E-state index contributed by atoms with van der Waals surface area (Å²) in [6, 6.07) is 2.30. The molecule has 1 nitrogen and oxygen atoms in total. The molecule has 0 aromatic heterocycles. The second kappa shape index (κ2) is 4.77. The molecule has 0 aromatic rings. The Bertz CT molecular complexity index is 167. The zero-order valence-electron chi connectivity index (χ0n) is 7.81. The molecular weight excluding hydrogens is 166 g/mol. The maximum Gasteiger partial charge on any atom is 0.0627 e. The fourth-order valence-corrected chi connectivity index (χ4v) is 2.71. The van der Waals surface area contributed by atoms with E-state index in [1.807, 2.05) is 11.8 Å². The number of unbranched alkanes of at least 4 members (excludes halogenated alkanes) is 1. The number of thioether (sulfide) groups is 1. The van der Waals surface area contributed by atoms with Crippen LogP contribution in [0.25, 0.3) is 0 Å². The van der Waals surface area contributed by atoms with Crippen LogP contribution in [0, 0.1) is 16.7 Å². The molecule has 0 aromatic carbocycles. The van der Waals surface area contributed by atoms with Gasteiger partial charge in [0.15, 0.2) is 0 Å². The summed E-state index contributed by atoms with van der Waals surface area (Å²) in [6.07, 6.45) is 5.98. The molecule has 0 N–H and O–H groups in total. The summed E-state index contributed by atoms with van der Waals surface area (Å²) in [6.45, 7) is 2.22. The highest BCUT2D eigenvalue weighted by Crippen LogP contribution is 2.50. The molecule has 1 aliphatic carbocycles.